The van der Waals surface area contributed by atoms with E-state index in [0.29, 0.717) is 25.7 Å². The molecule has 1 aliphatic rings. The van der Waals surface area contributed by atoms with E-state index >= 15 is 0 Å². The topological polar surface area (TPSA) is 49.8 Å². The molecule has 0 aromatic carbocycles. The summed E-state index contributed by atoms with van der Waals surface area (Å²) in [6, 6.07) is 0. The maximum Gasteiger partial charge on any atom is 0.313 e. The molecule has 4 heteroatoms. The van der Waals surface area contributed by atoms with Gasteiger partial charge >= 0.3 is 5.97 Å². The first-order valence-electron chi connectivity index (χ1n) is 7.61. The third kappa shape index (κ3) is 4.46. The van der Waals surface area contributed by atoms with E-state index in [0.717, 1.165) is 38.8 Å². The van der Waals surface area contributed by atoms with Gasteiger partial charge in [-0.1, -0.05) is 33.6 Å². The molecule has 112 valence electrons. The van der Waals surface area contributed by atoms with Crippen LogP contribution in [-0.2, 0) is 9.53 Å². The number of nitrogens with zero attached hydrogens (tertiary/aromatic N) is 1. The Morgan fingerprint density at radius 3 is 2.47 bits per heavy atom. The van der Waals surface area contributed by atoms with Crippen molar-refractivity contribution in [2.24, 2.45) is 11.3 Å². The largest absolute Gasteiger partial charge is 0.481 e. The minimum atomic E-state index is -0.699. The molecule has 19 heavy (non-hydrogen) atoms. The first-order valence-corrected chi connectivity index (χ1v) is 7.61. The smallest absolute Gasteiger partial charge is 0.313 e. The van der Waals surface area contributed by atoms with E-state index < -0.39 is 11.4 Å². The number of ether oxygens (including phenoxy) is 1. The van der Waals surface area contributed by atoms with Gasteiger partial charge in [0.15, 0.2) is 0 Å². The second kappa shape index (κ2) is 7.85. The molecule has 1 unspecified atom stereocenters. The number of hydrogen-bond donors (Lipinski definition) is 1. The molecule has 1 fully saturated rings. The molecule has 1 aliphatic heterocycles. The Morgan fingerprint density at radius 2 is 2.05 bits per heavy atom. The van der Waals surface area contributed by atoms with Crippen LogP contribution in [-0.4, -0.2) is 48.8 Å². The fourth-order valence-electron chi connectivity index (χ4n) is 2.86. The van der Waals surface area contributed by atoms with E-state index in [-0.39, 0.29) is 0 Å². The van der Waals surface area contributed by atoms with Gasteiger partial charge in [0, 0.05) is 19.7 Å². The first kappa shape index (κ1) is 16.4. The Morgan fingerprint density at radius 1 is 1.37 bits per heavy atom. The van der Waals surface area contributed by atoms with Crippen LogP contribution in [0.5, 0.6) is 0 Å². The molecule has 0 aromatic heterocycles. The summed E-state index contributed by atoms with van der Waals surface area (Å²) in [5.74, 6) is -0.0366. The monoisotopic (exact) mass is 271 g/mol. The first-order chi connectivity index (χ1) is 9.07. The van der Waals surface area contributed by atoms with Crippen LogP contribution in [0.25, 0.3) is 0 Å². The molecule has 1 heterocycles. The van der Waals surface area contributed by atoms with Crippen LogP contribution in [0.2, 0.25) is 0 Å². The molecule has 0 aliphatic carbocycles. The number of aliphatic carboxylic acids is 1. The highest BCUT2D eigenvalue weighted by atomic mass is 16.5. The molecule has 0 radical (unpaired) electrons. The quantitative estimate of drug-likeness (QED) is 0.737. The number of carbonyl (C=O) groups is 1. The minimum Gasteiger partial charge on any atom is -0.481 e. The maximum absolute atomic E-state index is 11.6. The lowest BCUT2D eigenvalue weighted by molar-refractivity contribution is -0.159. The van der Waals surface area contributed by atoms with Gasteiger partial charge in [0.25, 0.3) is 0 Å². The van der Waals surface area contributed by atoms with Crippen molar-refractivity contribution in [2.75, 3.05) is 32.8 Å². The van der Waals surface area contributed by atoms with Gasteiger partial charge in [0.1, 0.15) is 5.41 Å². The fraction of sp³-hybridized carbons (Fsp3) is 0.933. The van der Waals surface area contributed by atoms with Crippen molar-refractivity contribution in [2.45, 2.75) is 46.5 Å². The Hall–Kier alpha value is -0.610. The number of rotatable bonds is 8. The average Bonchev–Trinajstić information content (AvgIpc) is 2.44. The highest BCUT2D eigenvalue weighted by molar-refractivity contribution is 5.75. The zero-order chi connectivity index (χ0) is 14.3. The summed E-state index contributed by atoms with van der Waals surface area (Å²) in [6.45, 7) is 10.1. The van der Waals surface area contributed by atoms with Crippen LogP contribution in [0.1, 0.15) is 46.5 Å². The molecule has 0 bridgehead atoms. The third-order valence-electron chi connectivity index (χ3n) is 4.42. The second-order valence-corrected chi connectivity index (χ2v) is 5.75. The van der Waals surface area contributed by atoms with E-state index in [1.54, 1.807) is 0 Å². The molecule has 1 atom stereocenters. The SMILES string of the molecule is CCC(CC)CN(CC)CC1(C(=O)O)CCCOC1. The van der Waals surface area contributed by atoms with Gasteiger partial charge in [-0.2, -0.15) is 0 Å². The zero-order valence-corrected chi connectivity index (χ0v) is 12.7. The number of hydrogen-bond acceptors (Lipinski definition) is 3. The molecule has 0 aromatic rings. The van der Waals surface area contributed by atoms with Crippen LogP contribution in [0, 0.1) is 11.3 Å². The van der Waals surface area contributed by atoms with Crippen LogP contribution in [0.4, 0.5) is 0 Å². The molecule has 0 amide bonds. The van der Waals surface area contributed by atoms with Gasteiger partial charge in [0.05, 0.1) is 6.61 Å². The average molecular weight is 271 g/mol. The summed E-state index contributed by atoms with van der Waals surface area (Å²) in [5.41, 5.74) is -0.694. The van der Waals surface area contributed by atoms with Crippen molar-refractivity contribution in [3.63, 3.8) is 0 Å². The Balaban J connectivity index is 2.67. The minimum absolute atomic E-state index is 0.363. The van der Waals surface area contributed by atoms with Crippen molar-refractivity contribution >= 4 is 5.97 Å². The fourth-order valence-corrected chi connectivity index (χ4v) is 2.86. The second-order valence-electron chi connectivity index (χ2n) is 5.75. The normalized spacial score (nSPS) is 24.1. The number of carboxylic acids is 1. The summed E-state index contributed by atoms with van der Waals surface area (Å²) < 4.78 is 5.44. The van der Waals surface area contributed by atoms with E-state index in [9.17, 15) is 9.90 Å². The Kier molecular flexibility index (Phi) is 6.80. The Labute approximate surface area is 117 Å². The molecule has 0 saturated carbocycles. The standard InChI is InChI=1S/C15H29NO3/c1-4-13(5-2)10-16(6-3)11-15(14(17)18)8-7-9-19-12-15/h13H,4-12H2,1-3H3,(H,17,18). The molecule has 1 rings (SSSR count). The predicted octanol–water partition coefficient (Wildman–Crippen LogP) is 2.63. The van der Waals surface area contributed by atoms with Crippen LogP contribution in [0.15, 0.2) is 0 Å². The van der Waals surface area contributed by atoms with Crippen molar-refractivity contribution in [1.29, 1.82) is 0 Å². The van der Waals surface area contributed by atoms with Gasteiger partial charge in [-0.25, -0.2) is 0 Å². The van der Waals surface area contributed by atoms with Crippen molar-refractivity contribution in [3.8, 4) is 0 Å². The zero-order valence-electron chi connectivity index (χ0n) is 12.7. The summed E-state index contributed by atoms with van der Waals surface area (Å²) in [7, 11) is 0. The lowest BCUT2D eigenvalue weighted by Crippen LogP contribution is -2.49. The lowest BCUT2D eigenvalue weighted by Gasteiger charge is -2.38. The lowest BCUT2D eigenvalue weighted by atomic mass is 9.81. The Bertz CT molecular complexity index is 271. The molecular weight excluding hydrogens is 242 g/mol. The van der Waals surface area contributed by atoms with Gasteiger partial charge in [-0.15, -0.1) is 0 Å². The van der Waals surface area contributed by atoms with Crippen LogP contribution >= 0.6 is 0 Å². The van der Waals surface area contributed by atoms with Crippen LogP contribution in [0.3, 0.4) is 0 Å². The van der Waals surface area contributed by atoms with E-state index in [1.165, 1.54) is 0 Å². The summed E-state index contributed by atoms with van der Waals surface area (Å²) in [6.07, 6.45) is 3.91. The van der Waals surface area contributed by atoms with Crippen molar-refractivity contribution in [3.05, 3.63) is 0 Å². The van der Waals surface area contributed by atoms with Gasteiger partial charge in [-0.3, -0.25) is 4.79 Å². The molecular formula is C15H29NO3. The summed E-state index contributed by atoms with van der Waals surface area (Å²) >= 11 is 0. The highest BCUT2D eigenvalue weighted by Gasteiger charge is 2.41. The number of carboxylic acid groups (broad SMARTS) is 1. The van der Waals surface area contributed by atoms with Crippen LogP contribution < -0.4 is 0 Å². The van der Waals surface area contributed by atoms with E-state index in [1.807, 2.05) is 0 Å². The van der Waals surface area contributed by atoms with Gasteiger partial charge in [-0.05, 0) is 25.3 Å². The van der Waals surface area contributed by atoms with E-state index in [2.05, 4.69) is 25.7 Å². The third-order valence-corrected chi connectivity index (χ3v) is 4.42. The van der Waals surface area contributed by atoms with Crippen molar-refractivity contribution < 1.29 is 14.6 Å². The van der Waals surface area contributed by atoms with Gasteiger partial charge in [0.2, 0.25) is 0 Å². The molecule has 0 spiro atoms. The summed E-state index contributed by atoms with van der Waals surface area (Å²) in [4.78, 5) is 13.9. The highest BCUT2D eigenvalue weighted by Crippen LogP contribution is 2.30. The van der Waals surface area contributed by atoms with Gasteiger partial charge < -0.3 is 14.7 Å². The predicted molar refractivity (Wildman–Crippen MR) is 76.3 cm³/mol. The maximum atomic E-state index is 11.6. The molecule has 1 N–H and O–H groups in total. The van der Waals surface area contributed by atoms with E-state index in [4.69, 9.17) is 4.74 Å². The molecule has 4 nitrogen and oxygen atoms in total. The van der Waals surface area contributed by atoms with Crippen molar-refractivity contribution in [1.82, 2.24) is 4.90 Å². The molecule has 1 saturated heterocycles. The summed E-state index contributed by atoms with van der Waals surface area (Å²) in [5, 5.41) is 9.58.